The highest BCUT2D eigenvalue weighted by atomic mass is 32.2. The van der Waals surface area contributed by atoms with Gasteiger partial charge in [0.05, 0.1) is 5.75 Å². The first-order valence-electron chi connectivity index (χ1n) is 5.25. The van der Waals surface area contributed by atoms with Crippen molar-refractivity contribution in [3.05, 3.63) is 23.8 Å². The Balaban J connectivity index is 2.18. The zero-order chi connectivity index (χ0) is 12.5. The minimum atomic E-state index is -0.802. The average molecular weight is 254 g/mol. The maximum absolute atomic E-state index is 10.6. The first kappa shape index (κ1) is 12.1. The van der Waals surface area contributed by atoms with E-state index in [-0.39, 0.29) is 17.3 Å². The standard InChI is InChI=1S/C12H14O4S/c1-12(2,17-6-11(13)14)8-3-4-9-10(5-8)16-7-15-9/h3-5H,6-7H2,1-2H3,(H,13,14). The number of rotatable bonds is 4. The molecule has 0 bridgehead atoms. The largest absolute Gasteiger partial charge is 0.481 e. The summed E-state index contributed by atoms with van der Waals surface area (Å²) in [4.78, 5) is 10.6. The number of carbonyl (C=O) groups is 1. The van der Waals surface area contributed by atoms with Gasteiger partial charge in [0.2, 0.25) is 6.79 Å². The molecule has 5 heteroatoms. The molecule has 0 aromatic heterocycles. The van der Waals surface area contributed by atoms with E-state index in [9.17, 15) is 4.79 Å². The van der Waals surface area contributed by atoms with E-state index < -0.39 is 5.97 Å². The molecule has 0 aliphatic carbocycles. The Kier molecular flexibility index (Phi) is 3.19. The van der Waals surface area contributed by atoms with Gasteiger partial charge in [0, 0.05) is 4.75 Å². The van der Waals surface area contributed by atoms with Crippen LogP contribution in [0.3, 0.4) is 0 Å². The normalized spacial score (nSPS) is 13.8. The van der Waals surface area contributed by atoms with Gasteiger partial charge in [-0.15, -0.1) is 11.8 Å². The Bertz CT molecular complexity index is 442. The quantitative estimate of drug-likeness (QED) is 0.894. The molecule has 4 nitrogen and oxygen atoms in total. The number of ether oxygens (including phenoxy) is 2. The zero-order valence-corrected chi connectivity index (χ0v) is 10.5. The van der Waals surface area contributed by atoms with E-state index in [1.807, 2.05) is 32.0 Å². The zero-order valence-electron chi connectivity index (χ0n) is 9.73. The molecular weight excluding hydrogens is 240 g/mol. The van der Waals surface area contributed by atoms with Crippen molar-refractivity contribution >= 4 is 17.7 Å². The molecule has 92 valence electrons. The topological polar surface area (TPSA) is 55.8 Å². The van der Waals surface area contributed by atoms with Crippen molar-refractivity contribution in [3.63, 3.8) is 0 Å². The van der Waals surface area contributed by atoms with Crippen molar-refractivity contribution in [2.24, 2.45) is 0 Å². The Labute approximate surface area is 104 Å². The van der Waals surface area contributed by atoms with Crippen molar-refractivity contribution in [2.75, 3.05) is 12.5 Å². The summed E-state index contributed by atoms with van der Waals surface area (Å²) >= 11 is 1.39. The predicted octanol–water partition coefficient (Wildman–Crippen LogP) is 2.47. The van der Waals surface area contributed by atoms with Crippen molar-refractivity contribution in [1.82, 2.24) is 0 Å². The summed E-state index contributed by atoms with van der Waals surface area (Å²) in [7, 11) is 0. The summed E-state index contributed by atoms with van der Waals surface area (Å²) in [5.74, 6) is 0.754. The van der Waals surface area contributed by atoms with Crippen molar-refractivity contribution in [1.29, 1.82) is 0 Å². The van der Waals surface area contributed by atoms with Crippen LogP contribution in [0.15, 0.2) is 18.2 Å². The van der Waals surface area contributed by atoms with Gasteiger partial charge in [-0.3, -0.25) is 4.79 Å². The van der Waals surface area contributed by atoms with Crippen LogP contribution in [0.25, 0.3) is 0 Å². The first-order chi connectivity index (χ1) is 7.99. The van der Waals surface area contributed by atoms with Crippen LogP contribution in [0.4, 0.5) is 0 Å². The third kappa shape index (κ3) is 2.66. The van der Waals surface area contributed by atoms with Gasteiger partial charge < -0.3 is 14.6 Å². The lowest BCUT2D eigenvalue weighted by atomic mass is 10.0. The highest BCUT2D eigenvalue weighted by Crippen LogP contribution is 2.41. The maximum atomic E-state index is 10.6. The van der Waals surface area contributed by atoms with Crippen molar-refractivity contribution in [2.45, 2.75) is 18.6 Å². The molecule has 17 heavy (non-hydrogen) atoms. The molecule has 0 saturated carbocycles. The number of hydrogen-bond donors (Lipinski definition) is 1. The SMILES string of the molecule is CC(C)(SCC(=O)O)c1ccc2c(c1)OCO2. The minimum absolute atomic E-state index is 0.0848. The number of benzene rings is 1. The number of hydrogen-bond acceptors (Lipinski definition) is 4. The van der Waals surface area contributed by atoms with Crippen LogP contribution in [0, 0.1) is 0 Å². The molecule has 0 saturated heterocycles. The third-order valence-electron chi connectivity index (χ3n) is 2.62. The molecule has 0 radical (unpaired) electrons. The summed E-state index contributed by atoms with van der Waals surface area (Å²) in [6.45, 7) is 4.25. The second-order valence-corrected chi connectivity index (χ2v) is 5.86. The second kappa shape index (κ2) is 4.49. The average Bonchev–Trinajstić information content (AvgIpc) is 2.73. The Hall–Kier alpha value is -1.36. The van der Waals surface area contributed by atoms with Crippen LogP contribution in [-0.2, 0) is 9.54 Å². The number of fused-ring (bicyclic) bond motifs is 1. The molecule has 1 aliphatic rings. The predicted molar refractivity (Wildman–Crippen MR) is 65.7 cm³/mol. The number of carboxylic acid groups (broad SMARTS) is 1. The van der Waals surface area contributed by atoms with Gasteiger partial charge in [0.1, 0.15) is 0 Å². The molecule has 1 aromatic carbocycles. The summed E-state index contributed by atoms with van der Waals surface area (Å²) < 4.78 is 10.3. The molecule has 0 unspecified atom stereocenters. The van der Waals surface area contributed by atoms with E-state index in [1.54, 1.807) is 0 Å². The molecule has 1 heterocycles. The maximum Gasteiger partial charge on any atom is 0.313 e. The van der Waals surface area contributed by atoms with Gasteiger partial charge in [0.15, 0.2) is 11.5 Å². The fourth-order valence-electron chi connectivity index (χ4n) is 1.60. The summed E-state index contributed by atoms with van der Waals surface area (Å²) in [6, 6.07) is 5.72. The third-order valence-corrected chi connectivity index (χ3v) is 3.97. The molecular formula is C12H14O4S. The Morgan fingerprint density at radius 3 is 2.82 bits per heavy atom. The Morgan fingerprint density at radius 1 is 1.41 bits per heavy atom. The van der Waals surface area contributed by atoms with Crippen LogP contribution in [0.5, 0.6) is 11.5 Å². The van der Waals surface area contributed by atoms with E-state index >= 15 is 0 Å². The number of carboxylic acids is 1. The van der Waals surface area contributed by atoms with Crippen LogP contribution in [0.1, 0.15) is 19.4 Å². The lowest BCUT2D eigenvalue weighted by Gasteiger charge is -2.24. The van der Waals surface area contributed by atoms with Gasteiger partial charge in [0.25, 0.3) is 0 Å². The molecule has 1 aliphatic heterocycles. The number of thioether (sulfide) groups is 1. The van der Waals surface area contributed by atoms with Gasteiger partial charge in [-0.2, -0.15) is 0 Å². The Morgan fingerprint density at radius 2 is 2.12 bits per heavy atom. The highest BCUT2D eigenvalue weighted by Gasteiger charge is 2.25. The van der Waals surface area contributed by atoms with Crippen molar-refractivity contribution < 1.29 is 19.4 Å². The highest BCUT2D eigenvalue weighted by molar-refractivity contribution is 8.00. The summed E-state index contributed by atoms with van der Waals surface area (Å²) in [6.07, 6.45) is 0. The summed E-state index contributed by atoms with van der Waals surface area (Å²) in [5.41, 5.74) is 1.04. The summed E-state index contributed by atoms with van der Waals surface area (Å²) in [5, 5.41) is 8.71. The van der Waals surface area contributed by atoms with E-state index in [1.165, 1.54) is 11.8 Å². The van der Waals surface area contributed by atoms with E-state index in [0.717, 1.165) is 17.1 Å². The van der Waals surface area contributed by atoms with E-state index in [2.05, 4.69) is 0 Å². The number of aliphatic carboxylic acids is 1. The van der Waals surface area contributed by atoms with Gasteiger partial charge in [-0.25, -0.2) is 0 Å². The molecule has 1 aromatic rings. The first-order valence-corrected chi connectivity index (χ1v) is 6.23. The lowest BCUT2D eigenvalue weighted by Crippen LogP contribution is -2.15. The molecule has 0 spiro atoms. The smallest absolute Gasteiger partial charge is 0.313 e. The van der Waals surface area contributed by atoms with Crippen molar-refractivity contribution in [3.8, 4) is 11.5 Å². The minimum Gasteiger partial charge on any atom is -0.481 e. The molecule has 0 atom stereocenters. The van der Waals surface area contributed by atoms with Crippen LogP contribution in [-0.4, -0.2) is 23.6 Å². The molecule has 1 N–H and O–H groups in total. The fraction of sp³-hybridized carbons (Fsp3) is 0.417. The molecule has 0 amide bonds. The van der Waals surface area contributed by atoms with Gasteiger partial charge in [-0.05, 0) is 31.5 Å². The molecule has 0 fully saturated rings. The molecule has 2 rings (SSSR count). The van der Waals surface area contributed by atoms with Gasteiger partial charge in [-0.1, -0.05) is 6.07 Å². The lowest BCUT2D eigenvalue weighted by molar-refractivity contribution is -0.133. The van der Waals surface area contributed by atoms with E-state index in [4.69, 9.17) is 14.6 Å². The monoisotopic (exact) mass is 254 g/mol. The van der Waals surface area contributed by atoms with Gasteiger partial charge >= 0.3 is 5.97 Å². The van der Waals surface area contributed by atoms with E-state index in [0.29, 0.717) is 0 Å². The second-order valence-electron chi connectivity index (χ2n) is 4.26. The van der Waals surface area contributed by atoms with Crippen LogP contribution < -0.4 is 9.47 Å². The van der Waals surface area contributed by atoms with Crippen LogP contribution >= 0.6 is 11.8 Å². The fourth-order valence-corrected chi connectivity index (χ4v) is 2.37. The van der Waals surface area contributed by atoms with Crippen LogP contribution in [0.2, 0.25) is 0 Å².